The summed E-state index contributed by atoms with van der Waals surface area (Å²) in [6.07, 6.45) is 3.37. The van der Waals surface area contributed by atoms with Crippen molar-refractivity contribution in [2.45, 2.75) is 26.7 Å². The Balaban J connectivity index is 1.40. The fraction of sp³-hybridized carbons (Fsp3) is 0.290. The van der Waals surface area contributed by atoms with Gasteiger partial charge in [0.2, 0.25) is 17.7 Å². The molecule has 226 valence electrons. The number of hydrogen-bond acceptors (Lipinski definition) is 8. The summed E-state index contributed by atoms with van der Waals surface area (Å²) in [6.45, 7) is 7.76. The quantitative estimate of drug-likeness (QED) is 0.126. The van der Waals surface area contributed by atoms with Gasteiger partial charge in [-0.2, -0.15) is 0 Å². The number of amides is 2. The van der Waals surface area contributed by atoms with E-state index in [-0.39, 0.29) is 16.6 Å². The van der Waals surface area contributed by atoms with Crippen LogP contribution in [0.25, 0.3) is 10.9 Å². The Kier molecular flexibility index (Phi) is 11.1. The number of methoxy groups -OCH3 is 1. The van der Waals surface area contributed by atoms with Gasteiger partial charge in [-0.15, -0.1) is 0 Å². The first-order valence-corrected chi connectivity index (χ1v) is 14.2. The molecule has 0 aliphatic rings. The molecule has 12 heteroatoms. The standard InChI is InChI=1S/C31H33ClFN5O5/c1-4-38(5-2)15-6-16-42-26-12-11-23-25(13-14-34-29(23)30(26)41-3)43-31-24(32)17-22(19-35-31)37-28(40)18-27(39)36-21-9-7-20(33)8-10-21/h7-14,17,19H,4-6,15-16,18H2,1-3H3,(H,36,39)(H,37,40). The highest BCUT2D eigenvalue weighted by molar-refractivity contribution is 6.32. The van der Waals surface area contributed by atoms with Gasteiger partial charge in [-0.05, 0) is 68.0 Å². The van der Waals surface area contributed by atoms with Crippen LogP contribution in [0.2, 0.25) is 5.02 Å². The van der Waals surface area contributed by atoms with Gasteiger partial charge in [0, 0.05) is 23.8 Å². The number of aromatic nitrogens is 2. The third-order valence-corrected chi connectivity index (χ3v) is 6.78. The zero-order valence-electron chi connectivity index (χ0n) is 24.2. The first kappa shape index (κ1) is 31.5. The second-order valence-electron chi connectivity index (χ2n) is 9.42. The molecule has 2 amide bonds. The number of nitrogens with zero attached hydrogens (tertiary/aromatic N) is 3. The van der Waals surface area contributed by atoms with E-state index in [1.807, 2.05) is 12.1 Å². The SMILES string of the molecule is CCN(CC)CCCOc1ccc2c(Oc3ncc(NC(=O)CC(=O)Nc4ccc(F)cc4)cc3Cl)ccnc2c1OC. The number of rotatable bonds is 14. The normalized spacial score (nSPS) is 10.9. The molecule has 0 spiro atoms. The van der Waals surface area contributed by atoms with E-state index in [0.717, 1.165) is 26.1 Å². The highest BCUT2D eigenvalue weighted by atomic mass is 35.5. The first-order valence-electron chi connectivity index (χ1n) is 13.8. The van der Waals surface area contributed by atoms with Crippen molar-refractivity contribution in [2.75, 3.05) is 44.0 Å². The number of carbonyl (C=O) groups is 2. The van der Waals surface area contributed by atoms with Crippen LogP contribution < -0.4 is 24.8 Å². The van der Waals surface area contributed by atoms with Gasteiger partial charge in [-0.3, -0.25) is 14.6 Å². The molecule has 0 unspecified atom stereocenters. The molecule has 0 radical (unpaired) electrons. The van der Waals surface area contributed by atoms with Crippen LogP contribution >= 0.6 is 11.6 Å². The molecule has 0 aliphatic heterocycles. The summed E-state index contributed by atoms with van der Waals surface area (Å²) < 4.78 is 30.7. The van der Waals surface area contributed by atoms with Gasteiger partial charge in [-0.1, -0.05) is 25.4 Å². The van der Waals surface area contributed by atoms with Crippen molar-refractivity contribution >= 4 is 45.7 Å². The van der Waals surface area contributed by atoms with E-state index in [2.05, 4.69) is 39.3 Å². The maximum absolute atomic E-state index is 13.0. The van der Waals surface area contributed by atoms with Crippen molar-refractivity contribution in [3.05, 3.63) is 71.8 Å². The van der Waals surface area contributed by atoms with Crippen LogP contribution in [0, 0.1) is 5.82 Å². The lowest BCUT2D eigenvalue weighted by atomic mass is 10.1. The van der Waals surface area contributed by atoms with Gasteiger partial charge in [-0.25, -0.2) is 9.37 Å². The highest BCUT2D eigenvalue weighted by Crippen LogP contribution is 2.40. The van der Waals surface area contributed by atoms with E-state index < -0.39 is 24.1 Å². The van der Waals surface area contributed by atoms with E-state index in [1.165, 1.54) is 36.5 Å². The molecule has 0 saturated carbocycles. The van der Waals surface area contributed by atoms with E-state index in [9.17, 15) is 14.0 Å². The van der Waals surface area contributed by atoms with E-state index in [0.29, 0.717) is 40.4 Å². The Morgan fingerprint density at radius 2 is 1.67 bits per heavy atom. The van der Waals surface area contributed by atoms with Crippen LogP contribution in [0.5, 0.6) is 23.1 Å². The predicted octanol–water partition coefficient (Wildman–Crippen LogP) is 6.30. The number of nitrogens with one attached hydrogen (secondary N) is 2. The number of carbonyl (C=O) groups excluding carboxylic acids is 2. The lowest BCUT2D eigenvalue weighted by Gasteiger charge is -2.18. The van der Waals surface area contributed by atoms with E-state index >= 15 is 0 Å². The molecular formula is C31H33ClFN5O5. The smallest absolute Gasteiger partial charge is 0.238 e. The molecule has 0 fully saturated rings. The topological polar surface area (TPSA) is 115 Å². The monoisotopic (exact) mass is 609 g/mol. The van der Waals surface area contributed by atoms with Crippen molar-refractivity contribution in [1.29, 1.82) is 0 Å². The molecule has 2 heterocycles. The molecule has 2 N–H and O–H groups in total. The average Bonchev–Trinajstić information content (AvgIpc) is 2.99. The lowest BCUT2D eigenvalue weighted by molar-refractivity contribution is -0.123. The Morgan fingerprint density at radius 1 is 0.953 bits per heavy atom. The molecule has 4 aromatic rings. The Labute approximate surface area is 254 Å². The molecule has 4 rings (SSSR count). The Bertz CT molecular complexity index is 1570. The predicted molar refractivity (Wildman–Crippen MR) is 164 cm³/mol. The Morgan fingerprint density at radius 3 is 2.35 bits per heavy atom. The van der Waals surface area contributed by atoms with Gasteiger partial charge >= 0.3 is 0 Å². The van der Waals surface area contributed by atoms with Crippen LogP contribution in [0.1, 0.15) is 26.7 Å². The van der Waals surface area contributed by atoms with Gasteiger partial charge in [0.15, 0.2) is 11.5 Å². The van der Waals surface area contributed by atoms with Gasteiger partial charge in [0.05, 0.1) is 25.6 Å². The van der Waals surface area contributed by atoms with Crippen LogP contribution in [0.15, 0.2) is 60.9 Å². The fourth-order valence-electron chi connectivity index (χ4n) is 4.32. The molecule has 10 nitrogen and oxygen atoms in total. The second-order valence-corrected chi connectivity index (χ2v) is 9.83. The number of benzene rings is 2. The van der Waals surface area contributed by atoms with Gasteiger partial charge in [0.25, 0.3) is 0 Å². The maximum atomic E-state index is 13.0. The number of hydrogen-bond donors (Lipinski definition) is 2. The zero-order valence-corrected chi connectivity index (χ0v) is 24.9. The Hall–Kier alpha value is -4.48. The van der Waals surface area contributed by atoms with Crippen LogP contribution in [0.3, 0.4) is 0 Å². The number of fused-ring (bicyclic) bond motifs is 1. The van der Waals surface area contributed by atoms with Crippen LogP contribution in [0.4, 0.5) is 15.8 Å². The lowest BCUT2D eigenvalue weighted by Crippen LogP contribution is -2.25. The second kappa shape index (κ2) is 15.1. The van der Waals surface area contributed by atoms with E-state index in [4.69, 9.17) is 25.8 Å². The van der Waals surface area contributed by atoms with Crippen LogP contribution in [-0.4, -0.2) is 60.0 Å². The molecule has 0 atom stereocenters. The highest BCUT2D eigenvalue weighted by Gasteiger charge is 2.17. The fourth-order valence-corrected chi connectivity index (χ4v) is 4.53. The van der Waals surface area contributed by atoms with Crippen molar-refractivity contribution < 1.29 is 28.2 Å². The third-order valence-electron chi connectivity index (χ3n) is 6.51. The van der Waals surface area contributed by atoms with Crippen molar-refractivity contribution in [3.8, 4) is 23.1 Å². The molecule has 2 aromatic heterocycles. The van der Waals surface area contributed by atoms with Gasteiger partial charge in [0.1, 0.15) is 28.5 Å². The number of ether oxygens (including phenoxy) is 3. The van der Waals surface area contributed by atoms with Crippen LogP contribution in [-0.2, 0) is 9.59 Å². The number of pyridine rings is 2. The zero-order chi connectivity index (χ0) is 30.8. The summed E-state index contributed by atoms with van der Waals surface area (Å²) in [5.74, 6) is 0.0614. The van der Waals surface area contributed by atoms with E-state index in [1.54, 1.807) is 19.4 Å². The summed E-state index contributed by atoms with van der Waals surface area (Å²) >= 11 is 6.43. The number of halogens is 2. The third kappa shape index (κ3) is 8.52. The molecular weight excluding hydrogens is 577 g/mol. The number of anilines is 2. The summed E-state index contributed by atoms with van der Waals surface area (Å²) in [7, 11) is 1.56. The van der Waals surface area contributed by atoms with Gasteiger partial charge < -0.3 is 29.7 Å². The molecule has 2 aromatic carbocycles. The van der Waals surface area contributed by atoms with Crippen molar-refractivity contribution in [2.24, 2.45) is 0 Å². The molecule has 0 bridgehead atoms. The minimum atomic E-state index is -0.579. The molecule has 43 heavy (non-hydrogen) atoms. The molecule has 0 saturated heterocycles. The summed E-state index contributed by atoms with van der Waals surface area (Å²) in [5.41, 5.74) is 1.21. The largest absolute Gasteiger partial charge is 0.491 e. The molecule has 0 aliphatic carbocycles. The van der Waals surface area contributed by atoms with Crippen molar-refractivity contribution in [1.82, 2.24) is 14.9 Å². The average molecular weight is 610 g/mol. The summed E-state index contributed by atoms with van der Waals surface area (Å²) in [6, 6.07) is 12.0. The minimum Gasteiger partial charge on any atom is -0.491 e. The first-order chi connectivity index (χ1) is 20.8. The minimum absolute atomic E-state index is 0.108. The summed E-state index contributed by atoms with van der Waals surface area (Å²) in [4.78, 5) is 35.6. The van der Waals surface area contributed by atoms with Crippen molar-refractivity contribution in [3.63, 3.8) is 0 Å². The summed E-state index contributed by atoms with van der Waals surface area (Å²) in [5, 5.41) is 5.91. The maximum Gasteiger partial charge on any atom is 0.238 e.